The van der Waals surface area contributed by atoms with Crippen molar-refractivity contribution in [2.45, 2.75) is 59.4 Å². The molecule has 0 saturated heterocycles. The molecule has 2 rings (SSSR count). The van der Waals surface area contributed by atoms with Crippen molar-refractivity contribution in [3.63, 3.8) is 0 Å². The first-order valence-corrected chi connectivity index (χ1v) is 7.13. The molecule has 0 atom stereocenters. The molecule has 0 bridgehead atoms. The summed E-state index contributed by atoms with van der Waals surface area (Å²) in [6.07, 6.45) is 0. The average molecular weight is 268 g/mol. The second-order valence-electron chi connectivity index (χ2n) is 7.57. The van der Waals surface area contributed by atoms with Crippen molar-refractivity contribution in [2.24, 2.45) is 0 Å². The summed E-state index contributed by atoms with van der Waals surface area (Å²) in [4.78, 5) is 0. The third-order valence-corrected chi connectivity index (χ3v) is 3.85. The minimum absolute atomic E-state index is 0.0947. The highest BCUT2D eigenvalue weighted by atomic mass is 15.1. The summed E-state index contributed by atoms with van der Waals surface area (Å²) in [5.41, 5.74) is 4.55. The zero-order chi connectivity index (χ0) is 15.3. The lowest BCUT2D eigenvalue weighted by Crippen LogP contribution is -2.23. The summed E-state index contributed by atoms with van der Waals surface area (Å²) >= 11 is 0. The van der Waals surface area contributed by atoms with Gasteiger partial charge in [-0.05, 0) is 56.4 Å². The molecule has 0 saturated carbocycles. The van der Waals surface area contributed by atoms with Crippen LogP contribution in [0.4, 0.5) is 0 Å². The third kappa shape index (κ3) is 2.22. The van der Waals surface area contributed by atoms with E-state index < -0.39 is 0 Å². The maximum Gasteiger partial charge on any atom is 0.121 e. The minimum Gasteiger partial charge on any atom is -0.327 e. The fraction of sp³-hybridized carbons (Fsp3) is 0.500. The highest BCUT2D eigenvalue weighted by Gasteiger charge is 2.23. The molecule has 20 heavy (non-hydrogen) atoms. The number of nitriles is 1. The normalized spacial score (nSPS) is 12.7. The zero-order valence-electron chi connectivity index (χ0n) is 13.6. The molecule has 0 aliphatic rings. The van der Waals surface area contributed by atoms with Crippen LogP contribution in [0.3, 0.4) is 0 Å². The van der Waals surface area contributed by atoms with E-state index >= 15 is 0 Å². The molecular formula is C18H24N2. The Morgan fingerprint density at radius 1 is 1.05 bits per heavy atom. The number of fused-ring (bicyclic) bond motifs is 1. The summed E-state index contributed by atoms with van der Waals surface area (Å²) in [5.74, 6) is 0. The standard InChI is InChI=1S/C18H24N2/c1-12-14-10-13(11-19)20(18(5,6)7)16(14)9-8-15(12)17(2,3)4/h8-10H,1-7H3. The Balaban J connectivity index is 2.88. The molecular weight excluding hydrogens is 244 g/mol. The van der Waals surface area contributed by atoms with E-state index in [0.717, 1.165) is 11.2 Å². The van der Waals surface area contributed by atoms with E-state index in [0.29, 0.717) is 0 Å². The molecule has 1 aromatic carbocycles. The lowest BCUT2D eigenvalue weighted by atomic mass is 9.83. The Hall–Kier alpha value is -1.75. The molecule has 0 N–H and O–H groups in total. The van der Waals surface area contributed by atoms with Crippen LogP contribution in [0.1, 0.15) is 58.4 Å². The second kappa shape index (κ2) is 4.38. The lowest BCUT2D eigenvalue weighted by molar-refractivity contribution is 0.407. The molecule has 0 aliphatic carbocycles. The van der Waals surface area contributed by atoms with E-state index in [1.807, 2.05) is 6.07 Å². The van der Waals surface area contributed by atoms with Crippen LogP contribution in [-0.4, -0.2) is 4.57 Å². The molecule has 2 aromatic rings. The van der Waals surface area contributed by atoms with Gasteiger partial charge in [-0.15, -0.1) is 0 Å². The van der Waals surface area contributed by atoms with Gasteiger partial charge in [0.2, 0.25) is 0 Å². The molecule has 0 amide bonds. The number of aryl methyl sites for hydroxylation is 1. The molecule has 1 aromatic heterocycles. The van der Waals surface area contributed by atoms with Crippen molar-refractivity contribution in [3.05, 3.63) is 35.0 Å². The van der Waals surface area contributed by atoms with E-state index in [-0.39, 0.29) is 11.0 Å². The van der Waals surface area contributed by atoms with E-state index in [1.54, 1.807) is 0 Å². The predicted molar refractivity (Wildman–Crippen MR) is 85.1 cm³/mol. The van der Waals surface area contributed by atoms with Crippen LogP contribution in [0, 0.1) is 18.3 Å². The molecule has 0 fully saturated rings. The van der Waals surface area contributed by atoms with E-state index in [2.05, 4.69) is 71.2 Å². The topological polar surface area (TPSA) is 28.7 Å². The molecule has 0 unspecified atom stereocenters. The van der Waals surface area contributed by atoms with Gasteiger partial charge in [0.1, 0.15) is 11.8 Å². The maximum atomic E-state index is 9.43. The Labute approximate surface area is 122 Å². The van der Waals surface area contributed by atoms with Crippen LogP contribution in [0.5, 0.6) is 0 Å². The third-order valence-electron chi connectivity index (χ3n) is 3.85. The molecule has 0 aliphatic heterocycles. The van der Waals surface area contributed by atoms with Crippen molar-refractivity contribution >= 4 is 10.9 Å². The highest BCUT2D eigenvalue weighted by Crippen LogP contribution is 2.34. The molecule has 2 nitrogen and oxygen atoms in total. The van der Waals surface area contributed by atoms with Gasteiger partial charge in [-0.1, -0.05) is 26.8 Å². The van der Waals surface area contributed by atoms with Gasteiger partial charge < -0.3 is 4.57 Å². The number of aromatic nitrogens is 1. The molecule has 0 radical (unpaired) electrons. The van der Waals surface area contributed by atoms with Gasteiger partial charge >= 0.3 is 0 Å². The number of rotatable bonds is 0. The molecule has 0 spiro atoms. The van der Waals surface area contributed by atoms with Gasteiger partial charge in [-0.3, -0.25) is 0 Å². The van der Waals surface area contributed by atoms with Crippen LogP contribution in [-0.2, 0) is 11.0 Å². The monoisotopic (exact) mass is 268 g/mol. The van der Waals surface area contributed by atoms with Crippen molar-refractivity contribution in [3.8, 4) is 6.07 Å². The van der Waals surface area contributed by atoms with Crippen molar-refractivity contribution < 1.29 is 0 Å². The van der Waals surface area contributed by atoms with Crippen LogP contribution >= 0.6 is 0 Å². The first-order chi connectivity index (χ1) is 9.07. The summed E-state index contributed by atoms with van der Waals surface area (Å²) in [5, 5.41) is 10.6. The summed E-state index contributed by atoms with van der Waals surface area (Å²) in [6.45, 7) is 15.3. The summed E-state index contributed by atoms with van der Waals surface area (Å²) in [6, 6.07) is 8.74. The average Bonchev–Trinajstić information content (AvgIpc) is 2.66. The van der Waals surface area contributed by atoms with Gasteiger partial charge in [-0.2, -0.15) is 5.26 Å². The molecule has 106 valence electrons. The van der Waals surface area contributed by atoms with Crippen molar-refractivity contribution in [2.75, 3.05) is 0 Å². The Bertz CT molecular complexity index is 698. The highest BCUT2D eigenvalue weighted by molar-refractivity contribution is 5.87. The quantitative estimate of drug-likeness (QED) is 0.669. The molecule has 1 heterocycles. The van der Waals surface area contributed by atoms with Gasteiger partial charge in [0, 0.05) is 16.4 Å². The number of benzene rings is 1. The largest absolute Gasteiger partial charge is 0.327 e. The van der Waals surface area contributed by atoms with Gasteiger partial charge in [-0.25, -0.2) is 0 Å². The van der Waals surface area contributed by atoms with Crippen molar-refractivity contribution in [1.29, 1.82) is 5.26 Å². The van der Waals surface area contributed by atoms with Crippen LogP contribution in [0.25, 0.3) is 10.9 Å². The predicted octanol–water partition coefficient (Wildman–Crippen LogP) is 4.87. The SMILES string of the molecule is Cc1c(C(C)(C)C)ccc2c1cc(C#N)n2C(C)(C)C. The smallest absolute Gasteiger partial charge is 0.121 e. The minimum atomic E-state index is -0.0947. The maximum absolute atomic E-state index is 9.43. The molecule has 2 heteroatoms. The zero-order valence-corrected chi connectivity index (χ0v) is 13.6. The second-order valence-corrected chi connectivity index (χ2v) is 7.57. The Kier molecular flexibility index (Phi) is 3.21. The van der Waals surface area contributed by atoms with E-state index in [4.69, 9.17) is 0 Å². The summed E-state index contributed by atoms with van der Waals surface area (Å²) < 4.78 is 2.14. The van der Waals surface area contributed by atoms with Crippen LogP contribution in [0.15, 0.2) is 18.2 Å². The van der Waals surface area contributed by atoms with Crippen molar-refractivity contribution in [1.82, 2.24) is 4.57 Å². The Morgan fingerprint density at radius 3 is 2.10 bits per heavy atom. The summed E-state index contributed by atoms with van der Waals surface area (Å²) in [7, 11) is 0. The first kappa shape index (κ1) is 14.7. The fourth-order valence-corrected chi connectivity index (χ4v) is 3.04. The van der Waals surface area contributed by atoms with E-state index in [9.17, 15) is 5.26 Å². The number of hydrogen-bond donors (Lipinski definition) is 0. The fourth-order valence-electron chi connectivity index (χ4n) is 3.04. The van der Waals surface area contributed by atoms with Gasteiger partial charge in [0.05, 0.1) is 0 Å². The number of nitrogens with zero attached hydrogens (tertiary/aromatic N) is 2. The van der Waals surface area contributed by atoms with Gasteiger partial charge in [0.25, 0.3) is 0 Å². The van der Waals surface area contributed by atoms with E-state index in [1.165, 1.54) is 16.5 Å². The first-order valence-electron chi connectivity index (χ1n) is 7.13. The Morgan fingerprint density at radius 2 is 1.65 bits per heavy atom. The number of hydrogen-bond acceptors (Lipinski definition) is 1. The van der Waals surface area contributed by atoms with Crippen LogP contribution < -0.4 is 0 Å². The van der Waals surface area contributed by atoms with Gasteiger partial charge in [0.15, 0.2) is 0 Å². The lowest BCUT2D eigenvalue weighted by Gasteiger charge is -2.25. The van der Waals surface area contributed by atoms with Crippen LogP contribution in [0.2, 0.25) is 0 Å².